The van der Waals surface area contributed by atoms with Crippen LogP contribution < -0.4 is 5.32 Å². The number of anilines is 2. The number of hydrogen-bond acceptors (Lipinski definition) is 5. The summed E-state index contributed by atoms with van der Waals surface area (Å²) >= 11 is 1.36. The van der Waals surface area contributed by atoms with E-state index in [1.165, 1.54) is 11.5 Å². The molecule has 0 saturated carbocycles. The molecule has 15 heavy (non-hydrogen) atoms. The molecular weight excluding hydrogens is 210 g/mol. The Hall–Kier alpha value is -1.43. The quantitative estimate of drug-likeness (QED) is 0.866. The second-order valence-corrected chi connectivity index (χ2v) is 4.36. The molecule has 0 bridgehead atoms. The van der Waals surface area contributed by atoms with E-state index in [0.717, 1.165) is 16.8 Å². The Morgan fingerprint density at radius 1 is 1.47 bits per heavy atom. The van der Waals surface area contributed by atoms with Crippen molar-refractivity contribution in [1.29, 1.82) is 0 Å². The van der Waals surface area contributed by atoms with Gasteiger partial charge in [0.15, 0.2) is 5.82 Å². The highest BCUT2D eigenvalue weighted by molar-refractivity contribution is 7.09. The van der Waals surface area contributed by atoms with Gasteiger partial charge in [0.05, 0.1) is 0 Å². The molecule has 0 aliphatic heterocycles. The molecule has 0 spiro atoms. The zero-order chi connectivity index (χ0) is 10.8. The van der Waals surface area contributed by atoms with Gasteiger partial charge in [-0.25, -0.2) is 4.98 Å². The van der Waals surface area contributed by atoms with Crippen LogP contribution in [-0.4, -0.2) is 19.1 Å². The summed E-state index contributed by atoms with van der Waals surface area (Å²) in [7, 11) is 1.88. The van der Waals surface area contributed by atoms with Crippen LogP contribution in [0.2, 0.25) is 0 Å². The summed E-state index contributed by atoms with van der Waals surface area (Å²) in [5.74, 6) is 2.03. The first-order valence-corrected chi connectivity index (χ1v) is 5.53. The SMILES string of the molecule is CC(C)c1nsc(Nc2ccn(C)n2)n1. The number of aryl methyl sites for hydroxylation is 1. The van der Waals surface area contributed by atoms with Crippen molar-refractivity contribution in [3.05, 3.63) is 18.1 Å². The third-order valence-electron chi connectivity index (χ3n) is 1.91. The minimum absolute atomic E-state index is 0.362. The topological polar surface area (TPSA) is 55.6 Å². The minimum atomic E-state index is 0.362. The van der Waals surface area contributed by atoms with E-state index in [4.69, 9.17) is 0 Å². The van der Waals surface area contributed by atoms with Gasteiger partial charge in [-0.15, -0.1) is 0 Å². The van der Waals surface area contributed by atoms with Gasteiger partial charge in [0.1, 0.15) is 5.82 Å². The van der Waals surface area contributed by atoms with Gasteiger partial charge in [-0.3, -0.25) is 4.68 Å². The number of hydrogen-bond donors (Lipinski definition) is 1. The van der Waals surface area contributed by atoms with Crippen LogP contribution in [0, 0.1) is 0 Å². The monoisotopic (exact) mass is 223 g/mol. The lowest BCUT2D eigenvalue weighted by Gasteiger charge is -1.96. The van der Waals surface area contributed by atoms with Crippen LogP contribution in [0.1, 0.15) is 25.6 Å². The molecule has 0 aromatic carbocycles. The first kappa shape index (κ1) is 10.1. The van der Waals surface area contributed by atoms with Crippen molar-refractivity contribution in [1.82, 2.24) is 19.1 Å². The van der Waals surface area contributed by atoms with Crippen molar-refractivity contribution in [3.63, 3.8) is 0 Å². The summed E-state index contributed by atoms with van der Waals surface area (Å²) in [6, 6.07) is 1.90. The van der Waals surface area contributed by atoms with E-state index in [1.54, 1.807) is 4.68 Å². The minimum Gasteiger partial charge on any atom is -0.313 e. The molecule has 2 aromatic heterocycles. The zero-order valence-corrected chi connectivity index (χ0v) is 9.75. The van der Waals surface area contributed by atoms with E-state index in [-0.39, 0.29) is 0 Å². The van der Waals surface area contributed by atoms with Crippen molar-refractivity contribution >= 4 is 22.5 Å². The predicted octanol–water partition coefficient (Wildman–Crippen LogP) is 2.14. The molecule has 0 amide bonds. The maximum absolute atomic E-state index is 4.36. The second kappa shape index (κ2) is 3.98. The Balaban J connectivity index is 2.11. The average Bonchev–Trinajstić information content (AvgIpc) is 2.76. The summed E-state index contributed by atoms with van der Waals surface area (Å²) in [4.78, 5) is 4.36. The van der Waals surface area contributed by atoms with Crippen molar-refractivity contribution in [3.8, 4) is 0 Å². The van der Waals surface area contributed by atoms with Crippen molar-refractivity contribution in [2.24, 2.45) is 7.05 Å². The normalized spacial score (nSPS) is 10.9. The van der Waals surface area contributed by atoms with Crippen LogP contribution in [0.25, 0.3) is 0 Å². The Morgan fingerprint density at radius 2 is 2.27 bits per heavy atom. The Bertz CT molecular complexity index is 445. The molecule has 2 heterocycles. The number of aromatic nitrogens is 4. The standard InChI is InChI=1S/C9H13N5S/c1-6(2)8-11-9(15-13-8)10-7-4-5-14(3)12-7/h4-6H,1-3H3,(H,10,11,12,13). The van der Waals surface area contributed by atoms with Gasteiger partial charge in [0.2, 0.25) is 5.13 Å². The lowest BCUT2D eigenvalue weighted by Crippen LogP contribution is -1.94. The van der Waals surface area contributed by atoms with Gasteiger partial charge in [-0.1, -0.05) is 13.8 Å². The van der Waals surface area contributed by atoms with Crippen molar-refractivity contribution in [2.45, 2.75) is 19.8 Å². The van der Waals surface area contributed by atoms with E-state index in [9.17, 15) is 0 Å². The molecule has 6 heteroatoms. The summed E-state index contributed by atoms with van der Waals surface area (Å²) in [6.45, 7) is 4.15. The van der Waals surface area contributed by atoms with Gasteiger partial charge in [-0.05, 0) is 0 Å². The molecule has 80 valence electrons. The molecule has 2 rings (SSSR count). The Kier molecular flexibility index (Phi) is 2.68. The molecule has 5 nitrogen and oxygen atoms in total. The fourth-order valence-corrected chi connectivity index (χ4v) is 1.83. The summed E-state index contributed by atoms with van der Waals surface area (Å²) < 4.78 is 5.99. The zero-order valence-electron chi connectivity index (χ0n) is 8.93. The Morgan fingerprint density at radius 3 is 2.80 bits per heavy atom. The van der Waals surface area contributed by atoms with E-state index < -0.39 is 0 Å². The molecule has 0 radical (unpaired) electrons. The molecule has 0 aliphatic carbocycles. The molecule has 0 atom stereocenters. The second-order valence-electron chi connectivity index (χ2n) is 3.61. The molecule has 0 aliphatic rings. The molecule has 0 saturated heterocycles. The fraction of sp³-hybridized carbons (Fsp3) is 0.444. The third-order valence-corrected chi connectivity index (χ3v) is 2.55. The van der Waals surface area contributed by atoms with Gasteiger partial charge >= 0.3 is 0 Å². The highest BCUT2D eigenvalue weighted by Crippen LogP contribution is 2.20. The van der Waals surface area contributed by atoms with E-state index >= 15 is 0 Å². The summed E-state index contributed by atoms with van der Waals surface area (Å²) in [5, 5.41) is 8.11. The van der Waals surface area contributed by atoms with Crippen LogP contribution in [0.5, 0.6) is 0 Å². The predicted molar refractivity (Wildman–Crippen MR) is 60.5 cm³/mol. The van der Waals surface area contributed by atoms with Crippen molar-refractivity contribution < 1.29 is 0 Å². The molecule has 2 aromatic rings. The van der Waals surface area contributed by atoms with Crippen LogP contribution in [-0.2, 0) is 7.05 Å². The molecule has 0 fully saturated rings. The highest BCUT2D eigenvalue weighted by atomic mass is 32.1. The van der Waals surface area contributed by atoms with Gasteiger partial charge < -0.3 is 5.32 Å². The van der Waals surface area contributed by atoms with Crippen LogP contribution in [0.4, 0.5) is 10.9 Å². The lowest BCUT2D eigenvalue weighted by atomic mass is 10.2. The van der Waals surface area contributed by atoms with Crippen LogP contribution >= 0.6 is 11.5 Å². The average molecular weight is 223 g/mol. The van der Waals surface area contributed by atoms with Gasteiger partial charge in [0, 0.05) is 36.8 Å². The third kappa shape index (κ3) is 2.33. The largest absolute Gasteiger partial charge is 0.313 e. The first-order chi connectivity index (χ1) is 7.15. The maximum Gasteiger partial charge on any atom is 0.208 e. The smallest absolute Gasteiger partial charge is 0.208 e. The van der Waals surface area contributed by atoms with E-state index in [2.05, 4.69) is 33.6 Å². The maximum atomic E-state index is 4.36. The molecule has 0 unspecified atom stereocenters. The highest BCUT2D eigenvalue weighted by Gasteiger charge is 2.08. The number of nitrogens with one attached hydrogen (secondary N) is 1. The van der Waals surface area contributed by atoms with Gasteiger partial charge in [-0.2, -0.15) is 9.47 Å². The number of rotatable bonds is 3. The first-order valence-electron chi connectivity index (χ1n) is 4.75. The number of nitrogens with zero attached hydrogens (tertiary/aromatic N) is 4. The van der Waals surface area contributed by atoms with Gasteiger partial charge in [0.25, 0.3) is 0 Å². The van der Waals surface area contributed by atoms with Crippen LogP contribution in [0.3, 0.4) is 0 Å². The Labute approximate surface area is 92.3 Å². The summed E-state index contributed by atoms with van der Waals surface area (Å²) in [5.41, 5.74) is 0. The van der Waals surface area contributed by atoms with Crippen LogP contribution in [0.15, 0.2) is 12.3 Å². The van der Waals surface area contributed by atoms with E-state index in [1.807, 2.05) is 19.3 Å². The molecular formula is C9H13N5S. The van der Waals surface area contributed by atoms with Crippen molar-refractivity contribution in [2.75, 3.05) is 5.32 Å². The fourth-order valence-electron chi connectivity index (χ4n) is 1.11. The van der Waals surface area contributed by atoms with E-state index in [0.29, 0.717) is 5.92 Å². The molecule has 1 N–H and O–H groups in total. The lowest BCUT2D eigenvalue weighted by molar-refractivity contribution is 0.770. The summed E-state index contributed by atoms with van der Waals surface area (Å²) in [6.07, 6.45) is 1.88.